The van der Waals surface area contributed by atoms with Crippen LogP contribution in [-0.2, 0) is 4.74 Å². The fourth-order valence-electron chi connectivity index (χ4n) is 6.15. The Kier molecular flexibility index (Phi) is 8.95. The number of rotatable bonds is 8. The molecule has 42 heavy (non-hydrogen) atoms. The van der Waals surface area contributed by atoms with Gasteiger partial charge in [0, 0.05) is 38.6 Å². The van der Waals surface area contributed by atoms with Crippen molar-refractivity contribution < 1.29 is 32.9 Å². The second kappa shape index (κ2) is 12.0. The smallest absolute Gasteiger partial charge is 0.410 e. The summed E-state index contributed by atoms with van der Waals surface area (Å²) in [5, 5.41) is 14.1. The first-order valence-electron chi connectivity index (χ1n) is 14.2. The highest BCUT2D eigenvalue weighted by molar-refractivity contribution is 9.10. The number of alkyl halides is 1. The zero-order chi connectivity index (χ0) is 30.4. The summed E-state index contributed by atoms with van der Waals surface area (Å²) in [5.74, 6) is -1.28. The highest BCUT2D eigenvalue weighted by atomic mass is 79.9. The summed E-state index contributed by atoms with van der Waals surface area (Å²) in [5.41, 5.74) is -1.24. The number of aromatic nitrogens is 2. The van der Waals surface area contributed by atoms with Crippen LogP contribution in [0.15, 0.2) is 4.47 Å². The minimum atomic E-state index is -0.925. The molecule has 0 unspecified atom stereocenters. The molecule has 4 heterocycles. The molecule has 3 aliphatic heterocycles. The maximum absolute atomic E-state index is 15.3. The van der Waals surface area contributed by atoms with Crippen LogP contribution < -0.4 is 14.8 Å². The van der Waals surface area contributed by atoms with E-state index in [4.69, 9.17) is 25.8 Å². The normalized spacial score (nSPS) is 26.0. The molecule has 0 aliphatic carbocycles. The third-order valence-electron chi connectivity index (χ3n) is 8.26. The average molecular weight is 677 g/mol. The summed E-state index contributed by atoms with van der Waals surface area (Å²) in [7, 11) is 1.72. The van der Waals surface area contributed by atoms with Gasteiger partial charge in [0.15, 0.2) is 11.6 Å². The molecule has 14 heteroatoms. The first-order chi connectivity index (χ1) is 19.8. The predicted octanol–water partition coefficient (Wildman–Crippen LogP) is 5.21. The molecule has 0 radical (unpaired) electrons. The lowest BCUT2D eigenvalue weighted by molar-refractivity contribution is 0.0234. The molecular formula is C28H37BrClF2N5O5. The van der Waals surface area contributed by atoms with Crippen LogP contribution >= 0.6 is 27.5 Å². The number of aromatic hydroxyl groups is 1. The summed E-state index contributed by atoms with van der Waals surface area (Å²) in [6, 6.07) is -0.202. The standard InChI is InChI=1S/C28H37BrClF2N5O5/c1-27(2,3)42-26(39)36(4)17-10-16(33-12-17)6-9-40-23-18-22(21(32)19(29)20(23)30)34-25(35-24(18)38)41-14-28-7-5-8-37(28)13-15(31)11-28/h15-17,33H,5-14H2,1-4H3,(H,34,35,38)/t15-,16+,17-,28+/m1/s1. The lowest BCUT2D eigenvalue weighted by atomic mass is 9.95. The second-order valence-corrected chi connectivity index (χ2v) is 13.6. The van der Waals surface area contributed by atoms with E-state index < -0.39 is 29.0 Å². The van der Waals surface area contributed by atoms with Crippen molar-refractivity contribution >= 4 is 44.5 Å². The van der Waals surface area contributed by atoms with Gasteiger partial charge in [0.2, 0.25) is 5.88 Å². The zero-order valence-corrected chi connectivity index (χ0v) is 26.5. The monoisotopic (exact) mass is 675 g/mol. The van der Waals surface area contributed by atoms with Gasteiger partial charge >= 0.3 is 12.1 Å². The Balaban J connectivity index is 1.26. The van der Waals surface area contributed by atoms with Crippen LogP contribution in [-0.4, -0.2) is 100 Å². The number of amides is 1. The van der Waals surface area contributed by atoms with Crippen molar-refractivity contribution in [2.45, 2.75) is 82.3 Å². The molecule has 0 saturated carbocycles. The van der Waals surface area contributed by atoms with E-state index in [9.17, 15) is 14.3 Å². The number of hydrogen-bond donors (Lipinski definition) is 2. The van der Waals surface area contributed by atoms with Gasteiger partial charge in [-0.05, 0) is 68.9 Å². The molecule has 2 aromatic rings. The summed E-state index contributed by atoms with van der Waals surface area (Å²) in [6.07, 6.45) is 2.03. The molecule has 4 atom stereocenters. The molecule has 1 aromatic heterocycles. The third kappa shape index (κ3) is 6.34. The van der Waals surface area contributed by atoms with Crippen LogP contribution in [0.2, 0.25) is 5.02 Å². The molecular weight excluding hydrogens is 640 g/mol. The van der Waals surface area contributed by atoms with E-state index in [-0.39, 0.29) is 63.5 Å². The molecule has 3 saturated heterocycles. The van der Waals surface area contributed by atoms with Crippen molar-refractivity contribution in [1.29, 1.82) is 0 Å². The van der Waals surface area contributed by atoms with Gasteiger partial charge in [0.05, 0.1) is 16.6 Å². The number of likely N-dealkylation sites (N-methyl/N-ethyl adjacent to an activating group) is 1. The van der Waals surface area contributed by atoms with Crippen LogP contribution in [0.3, 0.4) is 0 Å². The van der Waals surface area contributed by atoms with Gasteiger partial charge < -0.3 is 29.5 Å². The summed E-state index contributed by atoms with van der Waals surface area (Å²) < 4.78 is 46.7. The van der Waals surface area contributed by atoms with Gasteiger partial charge in [0.25, 0.3) is 0 Å². The predicted molar refractivity (Wildman–Crippen MR) is 157 cm³/mol. The van der Waals surface area contributed by atoms with E-state index in [1.807, 2.05) is 20.8 Å². The van der Waals surface area contributed by atoms with Gasteiger partial charge in [-0.3, -0.25) is 4.90 Å². The maximum atomic E-state index is 15.3. The van der Waals surface area contributed by atoms with Gasteiger partial charge in [-0.2, -0.15) is 9.97 Å². The Morgan fingerprint density at radius 3 is 2.83 bits per heavy atom. The van der Waals surface area contributed by atoms with E-state index in [0.717, 1.165) is 19.4 Å². The van der Waals surface area contributed by atoms with E-state index in [1.54, 1.807) is 11.9 Å². The molecule has 2 N–H and O–H groups in total. The Hall–Kier alpha value is -2.22. The molecule has 0 bridgehead atoms. The molecule has 232 valence electrons. The van der Waals surface area contributed by atoms with Crippen LogP contribution in [0.1, 0.15) is 52.9 Å². The number of carbonyl (C=O) groups excluding carboxylic acids is 1. The van der Waals surface area contributed by atoms with Crippen LogP contribution in [0, 0.1) is 5.82 Å². The van der Waals surface area contributed by atoms with Crippen molar-refractivity contribution in [2.75, 3.05) is 39.9 Å². The van der Waals surface area contributed by atoms with E-state index >= 15 is 4.39 Å². The second-order valence-electron chi connectivity index (χ2n) is 12.4. The van der Waals surface area contributed by atoms with E-state index in [0.29, 0.717) is 32.4 Å². The molecule has 3 aliphatic rings. The maximum Gasteiger partial charge on any atom is 0.410 e. The first-order valence-corrected chi connectivity index (χ1v) is 15.4. The Labute approximate surface area is 257 Å². The minimum absolute atomic E-state index is 0.0408. The molecule has 1 amide bonds. The third-order valence-corrected chi connectivity index (χ3v) is 9.59. The van der Waals surface area contributed by atoms with E-state index in [2.05, 4.69) is 36.1 Å². The number of nitrogens with zero attached hydrogens (tertiary/aromatic N) is 4. The molecule has 0 spiro atoms. The van der Waals surface area contributed by atoms with Crippen LogP contribution in [0.4, 0.5) is 13.6 Å². The van der Waals surface area contributed by atoms with Crippen molar-refractivity contribution in [3.63, 3.8) is 0 Å². The van der Waals surface area contributed by atoms with Gasteiger partial charge in [-0.25, -0.2) is 13.6 Å². The largest absolute Gasteiger partial charge is 0.493 e. The van der Waals surface area contributed by atoms with Crippen molar-refractivity contribution in [2.24, 2.45) is 0 Å². The average Bonchev–Trinajstić information content (AvgIpc) is 3.61. The highest BCUT2D eigenvalue weighted by Crippen LogP contribution is 2.45. The Morgan fingerprint density at radius 1 is 1.33 bits per heavy atom. The molecule has 5 rings (SSSR count). The Bertz CT molecular complexity index is 1350. The zero-order valence-electron chi connectivity index (χ0n) is 24.2. The number of benzene rings is 1. The number of halogens is 4. The molecule has 1 aromatic carbocycles. The fourth-order valence-corrected chi connectivity index (χ4v) is 6.75. The summed E-state index contributed by atoms with van der Waals surface area (Å²) in [4.78, 5) is 24.4. The van der Waals surface area contributed by atoms with Crippen LogP contribution in [0.25, 0.3) is 10.9 Å². The van der Waals surface area contributed by atoms with Gasteiger partial charge in [-0.1, -0.05) is 11.6 Å². The highest BCUT2D eigenvalue weighted by Gasteiger charge is 2.49. The fraction of sp³-hybridized carbons (Fsp3) is 0.679. The quantitative estimate of drug-likeness (QED) is 0.364. The lowest BCUT2D eigenvalue weighted by Gasteiger charge is -2.30. The van der Waals surface area contributed by atoms with Crippen molar-refractivity contribution in [3.05, 3.63) is 15.3 Å². The van der Waals surface area contributed by atoms with Gasteiger partial charge in [-0.15, -0.1) is 0 Å². The van der Waals surface area contributed by atoms with Crippen molar-refractivity contribution in [3.8, 4) is 17.6 Å². The topological polar surface area (TPSA) is 109 Å². The minimum Gasteiger partial charge on any atom is -0.493 e. The van der Waals surface area contributed by atoms with Gasteiger partial charge in [0.1, 0.15) is 34.3 Å². The number of ether oxygens (including phenoxy) is 3. The summed E-state index contributed by atoms with van der Waals surface area (Å²) in [6.45, 7) is 7.57. The van der Waals surface area contributed by atoms with E-state index in [1.165, 1.54) is 0 Å². The first kappa shape index (κ1) is 31.2. The van der Waals surface area contributed by atoms with Crippen molar-refractivity contribution in [1.82, 2.24) is 25.1 Å². The lowest BCUT2D eigenvalue weighted by Crippen LogP contribution is -2.43. The number of carbonyl (C=O) groups is 1. The SMILES string of the molecule is CN(C(=O)OC(C)(C)C)[C@H]1CN[C@@H](CCOc2c(Cl)c(Br)c(F)c3nc(OC[C@@]45CCCN4C[C@H](F)C5)nc(O)c23)C1. The molecule has 3 fully saturated rings. The number of fused-ring (bicyclic) bond motifs is 2. The number of hydrogen-bond acceptors (Lipinski definition) is 9. The molecule has 10 nitrogen and oxygen atoms in total. The Morgan fingerprint density at radius 2 is 2.10 bits per heavy atom. The summed E-state index contributed by atoms with van der Waals surface area (Å²) >= 11 is 9.61. The van der Waals surface area contributed by atoms with Crippen LogP contribution in [0.5, 0.6) is 17.6 Å². The number of nitrogens with one attached hydrogen (secondary N) is 1.